The maximum atomic E-state index is 2.41. The van der Waals surface area contributed by atoms with Crippen LogP contribution in [-0.2, 0) is 0 Å². The first kappa shape index (κ1) is 34.5. The molecule has 1 nitrogen and oxygen atoms in total. The van der Waals surface area contributed by atoms with Crippen LogP contribution in [0.1, 0.15) is 0 Å². The van der Waals surface area contributed by atoms with Crippen molar-refractivity contribution in [2.75, 3.05) is 4.90 Å². The van der Waals surface area contributed by atoms with Gasteiger partial charge in [0.05, 0.1) is 5.69 Å². The Bertz CT molecular complexity index is 3310. The summed E-state index contributed by atoms with van der Waals surface area (Å²) in [6, 6.07) is 86.2. The minimum absolute atomic E-state index is 1.10. The van der Waals surface area contributed by atoms with Crippen LogP contribution in [0.4, 0.5) is 17.1 Å². The number of hydrogen-bond donors (Lipinski definition) is 0. The van der Waals surface area contributed by atoms with Gasteiger partial charge < -0.3 is 4.90 Å². The molecular formula is C58H39N. The molecule has 0 aliphatic carbocycles. The van der Waals surface area contributed by atoms with Gasteiger partial charge in [-0.25, -0.2) is 0 Å². The van der Waals surface area contributed by atoms with Gasteiger partial charge in [-0.1, -0.05) is 194 Å². The van der Waals surface area contributed by atoms with Crippen LogP contribution in [0.25, 0.3) is 87.6 Å². The number of fused-ring (bicyclic) bond motifs is 6. The fourth-order valence-electron chi connectivity index (χ4n) is 8.91. The van der Waals surface area contributed by atoms with Gasteiger partial charge in [0.15, 0.2) is 0 Å². The Kier molecular flexibility index (Phi) is 8.56. The summed E-state index contributed by atoms with van der Waals surface area (Å²) < 4.78 is 0. The van der Waals surface area contributed by atoms with E-state index in [2.05, 4.69) is 241 Å². The second-order valence-corrected chi connectivity index (χ2v) is 15.3. The second-order valence-electron chi connectivity index (χ2n) is 15.3. The molecule has 1 heteroatoms. The molecule has 0 aromatic heterocycles. The summed E-state index contributed by atoms with van der Waals surface area (Å²) in [5, 5.41) is 10.1. The van der Waals surface area contributed by atoms with Crippen molar-refractivity contribution >= 4 is 60.2 Å². The van der Waals surface area contributed by atoms with Crippen LogP contribution in [0.2, 0.25) is 0 Å². The third kappa shape index (κ3) is 6.30. The van der Waals surface area contributed by atoms with E-state index in [-0.39, 0.29) is 0 Å². The number of anilines is 3. The first-order chi connectivity index (χ1) is 29.2. The van der Waals surface area contributed by atoms with E-state index < -0.39 is 0 Å². The molecule has 0 fully saturated rings. The Morgan fingerprint density at radius 1 is 0.220 bits per heavy atom. The fraction of sp³-hybridized carbons (Fsp3) is 0. The highest BCUT2D eigenvalue weighted by Gasteiger charge is 2.18. The van der Waals surface area contributed by atoms with E-state index in [0.717, 1.165) is 17.1 Å². The lowest BCUT2D eigenvalue weighted by Gasteiger charge is -2.28. The van der Waals surface area contributed by atoms with Crippen molar-refractivity contribution < 1.29 is 0 Å². The lowest BCUT2D eigenvalue weighted by atomic mass is 9.93. The summed E-state index contributed by atoms with van der Waals surface area (Å²) in [6.07, 6.45) is 0. The van der Waals surface area contributed by atoms with Gasteiger partial charge in [-0.3, -0.25) is 0 Å². The molecule has 0 N–H and O–H groups in total. The van der Waals surface area contributed by atoms with Crippen molar-refractivity contribution in [2.24, 2.45) is 0 Å². The number of hydrogen-bond acceptors (Lipinski definition) is 1. The van der Waals surface area contributed by atoms with Crippen LogP contribution in [-0.4, -0.2) is 0 Å². The maximum Gasteiger partial charge on any atom is 0.0540 e. The second kappa shape index (κ2) is 14.6. The van der Waals surface area contributed by atoms with Crippen molar-refractivity contribution in [3.8, 4) is 44.5 Å². The molecule has 0 saturated heterocycles. The number of nitrogens with zero attached hydrogens (tertiary/aromatic N) is 1. The van der Waals surface area contributed by atoms with E-state index in [1.165, 1.54) is 87.6 Å². The van der Waals surface area contributed by atoms with Gasteiger partial charge >= 0.3 is 0 Å². The summed E-state index contributed by atoms with van der Waals surface area (Å²) in [5.41, 5.74) is 12.9. The zero-order chi connectivity index (χ0) is 39.1. The molecule has 0 aliphatic rings. The van der Waals surface area contributed by atoms with Gasteiger partial charge in [-0.15, -0.1) is 0 Å². The summed E-state index contributed by atoms with van der Waals surface area (Å²) in [6.45, 7) is 0. The van der Waals surface area contributed by atoms with Crippen molar-refractivity contribution in [1.82, 2.24) is 0 Å². The summed E-state index contributed by atoms with van der Waals surface area (Å²) in [5.74, 6) is 0. The van der Waals surface area contributed by atoms with Crippen molar-refractivity contribution in [1.29, 1.82) is 0 Å². The van der Waals surface area contributed by atoms with Crippen LogP contribution in [0, 0.1) is 0 Å². The van der Waals surface area contributed by atoms with Crippen LogP contribution in [0.3, 0.4) is 0 Å². The smallest absolute Gasteiger partial charge is 0.0540 e. The van der Waals surface area contributed by atoms with Crippen molar-refractivity contribution in [3.63, 3.8) is 0 Å². The lowest BCUT2D eigenvalue weighted by Crippen LogP contribution is -2.10. The minimum Gasteiger partial charge on any atom is -0.310 e. The Morgan fingerprint density at radius 2 is 0.729 bits per heavy atom. The topological polar surface area (TPSA) is 3.24 Å². The first-order valence-corrected chi connectivity index (χ1v) is 20.3. The van der Waals surface area contributed by atoms with Crippen LogP contribution < -0.4 is 4.90 Å². The highest BCUT2D eigenvalue weighted by Crippen LogP contribution is 2.43. The summed E-state index contributed by atoms with van der Waals surface area (Å²) in [4.78, 5) is 2.41. The van der Waals surface area contributed by atoms with E-state index in [0.29, 0.717) is 0 Å². The third-order valence-electron chi connectivity index (χ3n) is 11.8. The molecule has 11 aromatic rings. The van der Waals surface area contributed by atoms with Gasteiger partial charge in [-0.2, -0.15) is 0 Å². The van der Waals surface area contributed by atoms with Crippen LogP contribution in [0.15, 0.2) is 237 Å². The molecule has 59 heavy (non-hydrogen) atoms. The molecule has 0 saturated carbocycles. The normalized spacial score (nSPS) is 11.4. The molecule has 0 unspecified atom stereocenters. The number of rotatable bonds is 7. The first-order valence-electron chi connectivity index (χ1n) is 20.3. The molecule has 11 aromatic carbocycles. The van der Waals surface area contributed by atoms with E-state index in [4.69, 9.17) is 0 Å². The average Bonchev–Trinajstić information content (AvgIpc) is 3.32. The molecule has 11 rings (SSSR count). The molecular weight excluding hydrogens is 711 g/mol. The average molecular weight is 750 g/mol. The SMILES string of the molecule is c1ccc(-c2cccc(N(c3ccc(-c4cccc(-c5ccc6ccc7c8ccccc8ccc7c6c5)c4)cc3)c3ccc(-c4ccccc4)c4ccccc34)c2)cc1. The molecule has 0 heterocycles. The largest absolute Gasteiger partial charge is 0.310 e. The molecule has 0 radical (unpaired) electrons. The predicted molar refractivity (Wildman–Crippen MR) is 253 cm³/mol. The summed E-state index contributed by atoms with van der Waals surface area (Å²) in [7, 11) is 0. The molecule has 0 bridgehead atoms. The lowest BCUT2D eigenvalue weighted by molar-refractivity contribution is 1.30. The van der Waals surface area contributed by atoms with Crippen molar-refractivity contribution in [3.05, 3.63) is 237 Å². The quantitative estimate of drug-likeness (QED) is 0.147. The maximum absolute atomic E-state index is 2.41. The highest BCUT2D eigenvalue weighted by atomic mass is 15.1. The van der Waals surface area contributed by atoms with Gasteiger partial charge in [0, 0.05) is 16.8 Å². The standard InChI is InChI=1S/C58H39N/c1-3-13-40(14-4-1)47-20-12-21-50(38-47)59(58-36-35-52(42-15-5-2-6-16-42)53-23-9-10-24-56(53)58)49-31-27-41(28-32-49)45-18-11-19-46(37-45)48-26-25-44-30-33-54-51-22-8-7-17-43(51)29-34-55(54)57(44)39-48/h1-39H. The molecule has 276 valence electrons. The molecule has 0 amide bonds. The molecule has 0 atom stereocenters. The van der Waals surface area contributed by atoms with E-state index in [1.807, 2.05) is 0 Å². The molecule has 0 spiro atoms. The van der Waals surface area contributed by atoms with Crippen LogP contribution in [0.5, 0.6) is 0 Å². The highest BCUT2D eigenvalue weighted by molar-refractivity contribution is 6.17. The monoisotopic (exact) mass is 749 g/mol. The zero-order valence-electron chi connectivity index (χ0n) is 32.5. The van der Waals surface area contributed by atoms with E-state index in [9.17, 15) is 0 Å². The van der Waals surface area contributed by atoms with Crippen LogP contribution >= 0.6 is 0 Å². The van der Waals surface area contributed by atoms with E-state index >= 15 is 0 Å². The molecule has 0 aliphatic heterocycles. The van der Waals surface area contributed by atoms with Gasteiger partial charge in [-0.05, 0) is 125 Å². The Balaban J connectivity index is 1.000. The zero-order valence-corrected chi connectivity index (χ0v) is 32.5. The van der Waals surface area contributed by atoms with Gasteiger partial charge in [0.25, 0.3) is 0 Å². The van der Waals surface area contributed by atoms with Gasteiger partial charge in [0.2, 0.25) is 0 Å². The fourth-order valence-corrected chi connectivity index (χ4v) is 8.91. The van der Waals surface area contributed by atoms with E-state index in [1.54, 1.807) is 0 Å². The van der Waals surface area contributed by atoms with Crippen molar-refractivity contribution in [2.45, 2.75) is 0 Å². The van der Waals surface area contributed by atoms with Gasteiger partial charge in [0.1, 0.15) is 0 Å². The minimum atomic E-state index is 1.10. The Morgan fingerprint density at radius 3 is 1.49 bits per heavy atom. The number of benzene rings is 11. The third-order valence-corrected chi connectivity index (χ3v) is 11.8. The summed E-state index contributed by atoms with van der Waals surface area (Å²) >= 11 is 0. The predicted octanol–water partition coefficient (Wildman–Crippen LogP) is 16.4. The Labute approximate surface area is 344 Å². The Hall–Kier alpha value is -7.74.